The first-order valence-electron chi connectivity index (χ1n) is 11.4. The highest BCUT2D eigenvalue weighted by molar-refractivity contribution is 5.85. The minimum Gasteiger partial charge on any atom is -0.396 e. The monoisotopic (exact) mass is 364 g/mol. The largest absolute Gasteiger partial charge is 0.396 e. The van der Waals surface area contributed by atoms with Crippen molar-refractivity contribution in [1.29, 1.82) is 0 Å². The number of aliphatic hydroxyl groups is 1. The molecule has 0 saturated heterocycles. The lowest BCUT2D eigenvalue weighted by molar-refractivity contribution is 0.251. The van der Waals surface area contributed by atoms with Gasteiger partial charge in [-0.15, -0.1) is 0 Å². The molecule has 1 aliphatic heterocycles. The molecule has 1 aliphatic rings. The number of allylic oxidation sites excluding steroid dienone is 2. The number of hydrogen-bond donors (Lipinski definition) is 2. The topological polar surface area (TPSA) is 44.6 Å². The molecule has 1 heterocycles. The summed E-state index contributed by atoms with van der Waals surface area (Å²) in [6, 6.07) is 0. The van der Waals surface area contributed by atoms with Crippen molar-refractivity contribution in [3.8, 4) is 0 Å². The summed E-state index contributed by atoms with van der Waals surface area (Å²) in [6.07, 6.45) is 24.7. The van der Waals surface area contributed by atoms with Gasteiger partial charge in [-0.05, 0) is 32.1 Å². The van der Waals surface area contributed by atoms with Crippen LogP contribution in [0.1, 0.15) is 103 Å². The number of unbranched alkanes of at least 4 members (excludes halogenated alkanes) is 12. The van der Waals surface area contributed by atoms with Crippen molar-refractivity contribution < 1.29 is 5.11 Å². The van der Waals surface area contributed by atoms with E-state index in [-0.39, 0.29) is 12.5 Å². The van der Waals surface area contributed by atoms with E-state index < -0.39 is 0 Å². The van der Waals surface area contributed by atoms with E-state index >= 15 is 0 Å². The highest BCUT2D eigenvalue weighted by Gasteiger charge is 2.16. The number of aliphatic imine (C=N–C) groups is 1. The molecule has 0 bridgehead atoms. The molecule has 0 amide bonds. The van der Waals surface area contributed by atoms with Crippen LogP contribution in [0.15, 0.2) is 17.1 Å². The van der Waals surface area contributed by atoms with E-state index in [9.17, 15) is 5.11 Å². The zero-order valence-corrected chi connectivity index (χ0v) is 17.4. The SMILES string of the molecule is CCCCCCCCC=CCCCCCCCCC(CO)C1=NCCN1. The number of aliphatic hydroxyl groups excluding tert-OH is 1. The van der Waals surface area contributed by atoms with Gasteiger partial charge in [0.2, 0.25) is 0 Å². The second-order valence-electron chi connectivity index (χ2n) is 7.80. The van der Waals surface area contributed by atoms with Crippen molar-refractivity contribution >= 4 is 5.84 Å². The zero-order valence-electron chi connectivity index (χ0n) is 17.4. The lowest BCUT2D eigenvalue weighted by atomic mass is 9.99. The van der Waals surface area contributed by atoms with Crippen LogP contribution in [0.25, 0.3) is 0 Å². The van der Waals surface area contributed by atoms with Crippen molar-refractivity contribution in [3.05, 3.63) is 12.2 Å². The lowest BCUT2D eigenvalue weighted by Gasteiger charge is -2.14. The number of amidine groups is 1. The summed E-state index contributed by atoms with van der Waals surface area (Å²) in [5.74, 6) is 1.29. The predicted molar refractivity (Wildman–Crippen MR) is 115 cm³/mol. The molecule has 0 fully saturated rings. The first-order valence-corrected chi connectivity index (χ1v) is 11.4. The van der Waals surface area contributed by atoms with E-state index in [1.165, 1.54) is 89.9 Å². The summed E-state index contributed by atoms with van der Waals surface area (Å²) >= 11 is 0. The van der Waals surface area contributed by atoms with Crippen LogP contribution in [0.5, 0.6) is 0 Å². The Morgan fingerprint density at radius 1 is 0.885 bits per heavy atom. The molecule has 0 saturated carbocycles. The van der Waals surface area contributed by atoms with Crippen molar-refractivity contribution in [2.75, 3.05) is 19.7 Å². The Morgan fingerprint density at radius 3 is 2.00 bits per heavy atom. The second kappa shape index (κ2) is 17.6. The molecule has 0 aromatic rings. The van der Waals surface area contributed by atoms with Crippen LogP contribution in [-0.4, -0.2) is 30.6 Å². The van der Waals surface area contributed by atoms with Crippen molar-refractivity contribution in [2.24, 2.45) is 10.9 Å². The molecular weight excluding hydrogens is 320 g/mol. The zero-order chi connectivity index (χ0) is 18.7. The van der Waals surface area contributed by atoms with Crippen LogP contribution in [0, 0.1) is 5.92 Å². The standard InChI is InChI=1S/C23H44N2O/c1-2-3-4-5-6-7-8-9-10-11-12-13-14-15-16-17-18-22(21-26)23-24-19-20-25-23/h9-10,22,26H,2-8,11-21H2,1H3,(H,24,25). The maximum Gasteiger partial charge on any atom is 0.102 e. The molecule has 1 atom stereocenters. The molecule has 0 aliphatic carbocycles. The lowest BCUT2D eigenvalue weighted by Crippen LogP contribution is -2.29. The first kappa shape index (κ1) is 23.2. The van der Waals surface area contributed by atoms with Crippen LogP contribution in [0.4, 0.5) is 0 Å². The molecule has 1 rings (SSSR count). The van der Waals surface area contributed by atoms with E-state index in [1.54, 1.807) is 0 Å². The minimum absolute atomic E-state index is 0.233. The third kappa shape index (κ3) is 12.5. The average molecular weight is 365 g/mol. The number of hydrogen-bond acceptors (Lipinski definition) is 3. The van der Waals surface area contributed by atoms with Crippen molar-refractivity contribution in [1.82, 2.24) is 5.32 Å². The van der Waals surface area contributed by atoms with Crippen LogP contribution >= 0.6 is 0 Å². The summed E-state index contributed by atoms with van der Waals surface area (Å²) in [4.78, 5) is 4.44. The molecule has 152 valence electrons. The molecule has 3 heteroatoms. The summed E-state index contributed by atoms with van der Waals surface area (Å²) < 4.78 is 0. The van der Waals surface area contributed by atoms with Gasteiger partial charge in [0.15, 0.2) is 0 Å². The van der Waals surface area contributed by atoms with Crippen LogP contribution in [0.2, 0.25) is 0 Å². The molecular formula is C23H44N2O. The summed E-state index contributed by atoms with van der Waals surface area (Å²) in [5.41, 5.74) is 0. The van der Waals surface area contributed by atoms with Gasteiger partial charge < -0.3 is 10.4 Å². The van der Waals surface area contributed by atoms with Gasteiger partial charge in [0.25, 0.3) is 0 Å². The summed E-state index contributed by atoms with van der Waals surface area (Å²) in [6.45, 7) is 4.33. The molecule has 26 heavy (non-hydrogen) atoms. The maximum atomic E-state index is 9.48. The van der Waals surface area contributed by atoms with Crippen LogP contribution < -0.4 is 5.32 Å². The molecule has 0 spiro atoms. The normalized spacial score (nSPS) is 15.4. The van der Waals surface area contributed by atoms with E-state index in [1.807, 2.05) is 0 Å². The second-order valence-corrected chi connectivity index (χ2v) is 7.80. The first-order chi connectivity index (χ1) is 12.9. The van der Waals surface area contributed by atoms with E-state index in [0.29, 0.717) is 0 Å². The number of nitrogens with zero attached hydrogens (tertiary/aromatic N) is 1. The van der Waals surface area contributed by atoms with E-state index in [0.717, 1.165) is 25.3 Å². The molecule has 0 aromatic carbocycles. The Hall–Kier alpha value is -0.830. The third-order valence-corrected chi connectivity index (χ3v) is 5.37. The number of nitrogens with one attached hydrogen (secondary N) is 1. The Balaban J connectivity index is 1.81. The molecule has 2 N–H and O–H groups in total. The fourth-order valence-electron chi connectivity index (χ4n) is 3.64. The van der Waals surface area contributed by atoms with Gasteiger partial charge in [-0.25, -0.2) is 0 Å². The highest BCUT2D eigenvalue weighted by Crippen LogP contribution is 2.15. The predicted octanol–water partition coefficient (Wildman–Crippen LogP) is 6.02. The fraction of sp³-hybridized carbons (Fsp3) is 0.870. The molecule has 0 aromatic heterocycles. The number of rotatable bonds is 18. The Labute approximate surface area is 162 Å². The smallest absolute Gasteiger partial charge is 0.102 e. The third-order valence-electron chi connectivity index (χ3n) is 5.37. The maximum absolute atomic E-state index is 9.48. The van der Waals surface area contributed by atoms with Gasteiger partial charge in [-0.2, -0.15) is 0 Å². The van der Waals surface area contributed by atoms with Gasteiger partial charge in [0, 0.05) is 12.5 Å². The van der Waals surface area contributed by atoms with Crippen LogP contribution in [0.3, 0.4) is 0 Å². The van der Waals surface area contributed by atoms with Gasteiger partial charge in [0.1, 0.15) is 5.84 Å². The van der Waals surface area contributed by atoms with Gasteiger partial charge in [-0.1, -0.05) is 83.3 Å². The summed E-state index contributed by atoms with van der Waals surface area (Å²) in [5, 5.41) is 12.8. The molecule has 3 nitrogen and oxygen atoms in total. The average Bonchev–Trinajstić information content (AvgIpc) is 3.19. The highest BCUT2D eigenvalue weighted by atomic mass is 16.3. The molecule has 1 unspecified atom stereocenters. The van der Waals surface area contributed by atoms with E-state index in [4.69, 9.17) is 0 Å². The molecule has 0 radical (unpaired) electrons. The van der Waals surface area contributed by atoms with Gasteiger partial charge >= 0.3 is 0 Å². The minimum atomic E-state index is 0.233. The Morgan fingerprint density at radius 2 is 1.46 bits per heavy atom. The summed E-state index contributed by atoms with van der Waals surface area (Å²) in [7, 11) is 0. The van der Waals surface area contributed by atoms with Gasteiger partial charge in [0.05, 0.1) is 13.2 Å². The van der Waals surface area contributed by atoms with Crippen LogP contribution in [-0.2, 0) is 0 Å². The van der Waals surface area contributed by atoms with Crippen molar-refractivity contribution in [3.63, 3.8) is 0 Å². The quantitative estimate of drug-likeness (QED) is 0.230. The Kier molecular flexibility index (Phi) is 15.7. The van der Waals surface area contributed by atoms with Crippen molar-refractivity contribution in [2.45, 2.75) is 103 Å². The van der Waals surface area contributed by atoms with Gasteiger partial charge in [-0.3, -0.25) is 4.99 Å². The Bertz CT molecular complexity index is 365. The fourth-order valence-corrected chi connectivity index (χ4v) is 3.64. The van der Waals surface area contributed by atoms with E-state index in [2.05, 4.69) is 29.4 Å².